The number of nitrogens with zero attached hydrogens (tertiary/aromatic N) is 1. The number of carbonyl (C=O) groups excluding carboxylic acids is 2. The van der Waals surface area contributed by atoms with Crippen molar-refractivity contribution in [2.45, 2.75) is 96.7 Å². The van der Waals surface area contributed by atoms with Gasteiger partial charge in [-0.2, -0.15) is 0 Å². The molecule has 0 unspecified atom stereocenters. The molecule has 4 aliphatic rings. The SMILES string of the molecule is Cc1cc([C@@H]2C[C@@H]3C(=C(CO[Si](c4ccccc4)(c4ccccc4)C(C)(C)C)C[C@@H]4C(=O)N(C5CCCCC5)C(=O)[C@@H]43)B(O)O2)cc(C)c1O. The number of carbonyl (C=O) groups is 2. The Hall–Kier alpha value is -3.50. The molecule has 3 fully saturated rings. The first-order valence-corrected chi connectivity index (χ1v) is 20.3. The zero-order chi connectivity index (χ0) is 35.4. The second kappa shape index (κ2) is 13.6. The summed E-state index contributed by atoms with van der Waals surface area (Å²) in [5.74, 6) is -1.33. The number of fused-ring (bicyclic) bond motifs is 3. The third-order valence-electron chi connectivity index (χ3n) is 12.0. The first-order chi connectivity index (χ1) is 23.9. The summed E-state index contributed by atoms with van der Waals surface area (Å²) < 4.78 is 13.8. The molecule has 50 heavy (non-hydrogen) atoms. The minimum atomic E-state index is -2.94. The Balaban J connectivity index is 1.31. The van der Waals surface area contributed by atoms with E-state index in [-0.39, 0.29) is 41.2 Å². The molecule has 0 spiro atoms. The number of aryl methyl sites for hydroxylation is 2. The highest BCUT2D eigenvalue weighted by Gasteiger charge is 2.59. The monoisotopic (exact) mass is 691 g/mol. The molecule has 0 radical (unpaired) electrons. The summed E-state index contributed by atoms with van der Waals surface area (Å²) in [4.78, 5) is 30.4. The van der Waals surface area contributed by atoms with E-state index in [0.29, 0.717) is 18.3 Å². The van der Waals surface area contributed by atoms with Crippen LogP contribution in [0.4, 0.5) is 0 Å². The van der Waals surface area contributed by atoms with Gasteiger partial charge in [-0.05, 0) is 101 Å². The smallest absolute Gasteiger partial charge is 0.487 e. The number of benzene rings is 3. The third kappa shape index (κ3) is 5.90. The summed E-state index contributed by atoms with van der Waals surface area (Å²) in [6.45, 7) is 10.7. The maximum absolute atomic E-state index is 14.4. The molecule has 2 heterocycles. The standard InChI is InChI=1S/C41H50BNO6Si/c1-26-21-28(22-27(2)38(26)44)35-24-33-36-34(39(45)43(40(36)46)30-15-9-6-10-16-30)23-29(37(33)42(47)49-35)25-48-50(41(3,4)5,31-17-11-7-12-18-31)32-19-13-8-14-20-32/h7-8,11-14,17-22,30,33-36,44,47H,6,9-10,15-16,23-25H2,1-5H3/t33-,34-,35-,36+/m0/s1. The van der Waals surface area contributed by atoms with Crippen molar-refractivity contribution in [1.82, 2.24) is 4.90 Å². The Morgan fingerprint density at radius 2 is 1.46 bits per heavy atom. The normalized spacial score (nSPS) is 24.8. The lowest BCUT2D eigenvalue weighted by Crippen LogP contribution is -2.66. The molecule has 2 aliphatic carbocycles. The van der Waals surface area contributed by atoms with Crippen LogP contribution in [0.25, 0.3) is 0 Å². The number of likely N-dealkylation sites (tertiary alicyclic amines) is 1. The van der Waals surface area contributed by atoms with E-state index >= 15 is 0 Å². The molecule has 2 aliphatic heterocycles. The van der Waals surface area contributed by atoms with E-state index in [9.17, 15) is 19.7 Å². The fourth-order valence-electron chi connectivity index (χ4n) is 9.61. The van der Waals surface area contributed by atoms with Crippen LogP contribution in [-0.2, 0) is 18.7 Å². The van der Waals surface area contributed by atoms with E-state index in [1.807, 2.05) is 38.1 Å². The van der Waals surface area contributed by atoms with Gasteiger partial charge in [0.2, 0.25) is 11.8 Å². The lowest BCUT2D eigenvalue weighted by Gasteiger charge is -2.45. The summed E-state index contributed by atoms with van der Waals surface area (Å²) in [6, 6.07) is 24.7. The quantitative estimate of drug-likeness (QED) is 0.223. The van der Waals surface area contributed by atoms with Crippen molar-refractivity contribution in [2.75, 3.05) is 6.61 Å². The van der Waals surface area contributed by atoms with Crippen molar-refractivity contribution in [3.63, 3.8) is 0 Å². The van der Waals surface area contributed by atoms with E-state index in [4.69, 9.17) is 9.08 Å². The highest BCUT2D eigenvalue weighted by atomic mass is 28.4. The minimum Gasteiger partial charge on any atom is -0.507 e. The van der Waals surface area contributed by atoms with Crippen LogP contribution in [0.15, 0.2) is 83.8 Å². The molecular formula is C41H50BNO6Si. The molecule has 0 bridgehead atoms. The Bertz CT molecular complexity index is 1720. The van der Waals surface area contributed by atoms with Gasteiger partial charge < -0.3 is 19.2 Å². The minimum absolute atomic E-state index is 0.0578. The predicted octanol–water partition coefficient (Wildman–Crippen LogP) is 6.32. The van der Waals surface area contributed by atoms with E-state index in [2.05, 4.69) is 69.3 Å². The molecule has 2 saturated heterocycles. The zero-order valence-corrected chi connectivity index (χ0v) is 31.0. The van der Waals surface area contributed by atoms with Gasteiger partial charge >= 0.3 is 7.12 Å². The van der Waals surface area contributed by atoms with Gasteiger partial charge in [-0.1, -0.05) is 101 Å². The highest BCUT2D eigenvalue weighted by Crippen LogP contribution is 2.53. The molecule has 0 aromatic heterocycles. The van der Waals surface area contributed by atoms with Crippen LogP contribution in [0.2, 0.25) is 5.04 Å². The molecule has 9 heteroatoms. The van der Waals surface area contributed by atoms with Crippen molar-refractivity contribution in [3.05, 3.63) is 101 Å². The summed E-state index contributed by atoms with van der Waals surface area (Å²) in [5.41, 5.74) is 3.90. The molecule has 3 aromatic rings. The molecule has 2 amide bonds. The summed E-state index contributed by atoms with van der Waals surface area (Å²) in [5, 5.41) is 24.5. The number of hydrogen-bond acceptors (Lipinski definition) is 6. The average molecular weight is 692 g/mol. The summed E-state index contributed by atoms with van der Waals surface area (Å²) in [6.07, 6.45) is 5.21. The number of hydrogen-bond donors (Lipinski definition) is 2. The molecular weight excluding hydrogens is 641 g/mol. The topological polar surface area (TPSA) is 96.3 Å². The Morgan fingerprint density at radius 3 is 2.02 bits per heavy atom. The van der Waals surface area contributed by atoms with Crippen LogP contribution in [-0.4, -0.2) is 54.9 Å². The van der Waals surface area contributed by atoms with Crippen molar-refractivity contribution in [3.8, 4) is 5.75 Å². The Labute approximate surface area is 298 Å². The van der Waals surface area contributed by atoms with Crippen molar-refractivity contribution >= 4 is 37.6 Å². The Morgan fingerprint density at radius 1 is 0.880 bits per heavy atom. The van der Waals surface area contributed by atoms with Gasteiger partial charge in [0.1, 0.15) is 5.75 Å². The molecule has 1 saturated carbocycles. The van der Waals surface area contributed by atoms with Gasteiger partial charge in [-0.3, -0.25) is 14.5 Å². The summed E-state index contributed by atoms with van der Waals surface area (Å²) in [7, 11) is -4.19. The largest absolute Gasteiger partial charge is 0.507 e. The van der Waals surface area contributed by atoms with E-state index in [1.54, 1.807) is 4.90 Å². The number of phenolic OH excluding ortho intramolecular Hbond substituents is 1. The van der Waals surface area contributed by atoms with Gasteiger partial charge in [0.05, 0.1) is 24.5 Å². The van der Waals surface area contributed by atoms with Crippen LogP contribution < -0.4 is 10.4 Å². The van der Waals surface area contributed by atoms with E-state index in [1.165, 1.54) is 0 Å². The molecule has 3 aromatic carbocycles. The first-order valence-electron chi connectivity index (χ1n) is 18.4. The van der Waals surface area contributed by atoms with Gasteiger partial charge in [-0.25, -0.2) is 0 Å². The number of allylic oxidation sites excluding steroid dienone is 1. The van der Waals surface area contributed by atoms with E-state index in [0.717, 1.165) is 64.7 Å². The number of amides is 2. The van der Waals surface area contributed by atoms with E-state index < -0.39 is 33.4 Å². The third-order valence-corrected chi connectivity index (χ3v) is 16.9. The molecule has 2 N–H and O–H groups in total. The van der Waals surface area contributed by atoms with Gasteiger partial charge in [0, 0.05) is 6.04 Å². The second-order valence-corrected chi connectivity index (χ2v) is 20.3. The van der Waals surface area contributed by atoms with Gasteiger partial charge in [-0.15, -0.1) is 0 Å². The van der Waals surface area contributed by atoms with Gasteiger partial charge in [0.25, 0.3) is 8.32 Å². The number of phenols is 1. The number of imide groups is 1. The number of aromatic hydroxyl groups is 1. The predicted molar refractivity (Wildman–Crippen MR) is 198 cm³/mol. The highest BCUT2D eigenvalue weighted by molar-refractivity contribution is 6.99. The molecule has 262 valence electrons. The van der Waals surface area contributed by atoms with Crippen molar-refractivity contribution < 1.29 is 28.8 Å². The number of rotatable bonds is 7. The first kappa shape index (κ1) is 34.9. The average Bonchev–Trinajstić information content (AvgIpc) is 3.36. The summed E-state index contributed by atoms with van der Waals surface area (Å²) >= 11 is 0. The van der Waals surface area contributed by atoms with Crippen LogP contribution >= 0.6 is 0 Å². The fraction of sp³-hybridized carbons (Fsp3) is 0.463. The lowest BCUT2D eigenvalue weighted by atomic mass is 9.55. The molecule has 4 atom stereocenters. The zero-order valence-electron chi connectivity index (χ0n) is 30.0. The Kier molecular flexibility index (Phi) is 9.48. The fourth-order valence-corrected chi connectivity index (χ4v) is 14.2. The van der Waals surface area contributed by atoms with Crippen LogP contribution in [0.5, 0.6) is 5.75 Å². The maximum Gasteiger partial charge on any atom is 0.487 e. The van der Waals surface area contributed by atoms with Crippen LogP contribution in [0.1, 0.15) is 88.5 Å². The van der Waals surface area contributed by atoms with Gasteiger partial charge in [0.15, 0.2) is 0 Å². The molecule has 7 rings (SSSR count). The lowest BCUT2D eigenvalue weighted by molar-refractivity contribution is -0.143. The maximum atomic E-state index is 14.4. The van der Waals surface area contributed by atoms with Crippen LogP contribution in [0.3, 0.4) is 0 Å². The van der Waals surface area contributed by atoms with Crippen LogP contribution in [0, 0.1) is 31.6 Å². The second-order valence-electron chi connectivity index (χ2n) is 16.0. The molecule has 7 nitrogen and oxygen atoms in total. The van der Waals surface area contributed by atoms with Crippen molar-refractivity contribution in [1.29, 1.82) is 0 Å². The van der Waals surface area contributed by atoms with Crippen molar-refractivity contribution in [2.24, 2.45) is 17.8 Å².